The number of fused-ring (bicyclic) bond motifs is 1. The molecule has 0 aliphatic heterocycles. The van der Waals surface area contributed by atoms with Gasteiger partial charge in [-0.2, -0.15) is 5.10 Å². The van der Waals surface area contributed by atoms with Crippen molar-refractivity contribution in [3.05, 3.63) is 65.9 Å². The molecule has 0 amide bonds. The standard InChI is InChI=1S/C18H20N2O/c1-13(14-8-4-3-5-9-14)18(21)12-16-15-10-6-7-11-17(15)20(2)19-16/h3-11,13,18,21H,12H2,1-2H3. The van der Waals surface area contributed by atoms with Gasteiger partial charge in [0.05, 0.1) is 17.3 Å². The normalized spacial score (nSPS) is 14.2. The van der Waals surface area contributed by atoms with Crippen molar-refractivity contribution >= 4 is 10.9 Å². The second kappa shape index (κ2) is 5.70. The first-order chi connectivity index (χ1) is 10.2. The van der Waals surface area contributed by atoms with E-state index in [1.54, 1.807) is 0 Å². The molecular weight excluding hydrogens is 260 g/mol. The van der Waals surface area contributed by atoms with E-state index in [2.05, 4.69) is 36.3 Å². The van der Waals surface area contributed by atoms with E-state index in [1.165, 1.54) is 0 Å². The molecule has 0 fully saturated rings. The number of hydrogen-bond donors (Lipinski definition) is 1. The van der Waals surface area contributed by atoms with Gasteiger partial charge in [0.25, 0.3) is 0 Å². The minimum Gasteiger partial charge on any atom is -0.392 e. The monoisotopic (exact) mass is 280 g/mol. The van der Waals surface area contributed by atoms with Crippen LogP contribution in [0.4, 0.5) is 0 Å². The Morgan fingerprint density at radius 1 is 1.05 bits per heavy atom. The maximum Gasteiger partial charge on any atom is 0.0729 e. The van der Waals surface area contributed by atoms with Crippen LogP contribution in [0.25, 0.3) is 10.9 Å². The Morgan fingerprint density at radius 3 is 2.48 bits per heavy atom. The summed E-state index contributed by atoms with van der Waals surface area (Å²) in [5.74, 6) is 0.0898. The van der Waals surface area contributed by atoms with Crippen molar-refractivity contribution in [1.29, 1.82) is 0 Å². The van der Waals surface area contributed by atoms with Crippen LogP contribution in [0.15, 0.2) is 54.6 Å². The lowest BCUT2D eigenvalue weighted by molar-refractivity contribution is 0.148. The number of para-hydroxylation sites is 1. The van der Waals surface area contributed by atoms with Crippen LogP contribution in [-0.4, -0.2) is 21.0 Å². The van der Waals surface area contributed by atoms with Gasteiger partial charge in [-0.25, -0.2) is 0 Å². The van der Waals surface area contributed by atoms with Gasteiger partial charge in [-0.05, 0) is 11.6 Å². The molecule has 1 aromatic heterocycles. The molecule has 0 saturated heterocycles. The van der Waals surface area contributed by atoms with Crippen molar-refractivity contribution < 1.29 is 5.11 Å². The van der Waals surface area contributed by atoms with Crippen LogP contribution in [-0.2, 0) is 13.5 Å². The molecule has 0 spiro atoms. The molecule has 1 heterocycles. The Bertz CT molecular complexity index is 733. The van der Waals surface area contributed by atoms with E-state index in [1.807, 2.05) is 42.1 Å². The van der Waals surface area contributed by atoms with Gasteiger partial charge in [0.15, 0.2) is 0 Å². The van der Waals surface area contributed by atoms with Gasteiger partial charge in [0, 0.05) is 24.8 Å². The lowest BCUT2D eigenvalue weighted by Crippen LogP contribution is -2.19. The fourth-order valence-electron chi connectivity index (χ4n) is 2.79. The average Bonchev–Trinajstić information content (AvgIpc) is 2.84. The third-order valence-electron chi connectivity index (χ3n) is 4.14. The van der Waals surface area contributed by atoms with Crippen molar-refractivity contribution in [2.45, 2.75) is 25.4 Å². The Kier molecular flexibility index (Phi) is 3.76. The molecule has 2 aromatic carbocycles. The summed E-state index contributed by atoms with van der Waals surface area (Å²) in [4.78, 5) is 0. The molecule has 2 atom stereocenters. The van der Waals surface area contributed by atoms with Crippen molar-refractivity contribution in [3.8, 4) is 0 Å². The Balaban J connectivity index is 1.85. The van der Waals surface area contributed by atoms with Gasteiger partial charge in [0.1, 0.15) is 0 Å². The second-order valence-electron chi connectivity index (χ2n) is 5.56. The summed E-state index contributed by atoms with van der Waals surface area (Å²) in [6, 6.07) is 18.3. The van der Waals surface area contributed by atoms with E-state index < -0.39 is 6.10 Å². The minimum absolute atomic E-state index is 0.0898. The van der Waals surface area contributed by atoms with E-state index in [-0.39, 0.29) is 5.92 Å². The molecule has 3 heteroatoms. The van der Waals surface area contributed by atoms with Crippen LogP contribution in [0.5, 0.6) is 0 Å². The number of aliphatic hydroxyl groups excluding tert-OH is 1. The molecule has 1 N–H and O–H groups in total. The third kappa shape index (κ3) is 2.69. The van der Waals surface area contributed by atoms with Crippen LogP contribution in [0.2, 0.25) is 0 Å². The molecule has 3 nitrogen and oxygen atoms in total. The minimum atomic E-state index is -0.439. The summed E-state index contributed by atoms with van der Waals surface area (Å²) in [5, 5.41) is 16.2. The highest BCUT2D eigenvalue weighted by Gasteiger charge is 2.19. The van der Waals surface area contributed by atoms with Gasteiger partial charge in [-0.15, -0.1) is 0 Å². The van der Waals surface area contributed by atoms with Gasteiger partial charge >= 0.3 is 0 Å². The van der Waals surface area contributed by atoms with Crippen molar-refractivity contribution in [2.24, 2.45) is 7.05 Å². The predicted molar refractivity (Wildman–Crippen MR) is 85.3 cm³/mol. The average molecular weight is 280 g/mol. The lowest BCUT2D eigenvalue weighted by Gasteiger charge is -2.18. The van der Waals surface area contributed by atoms with Crippen LogP contribution in [0, 0.1) is 0 Å². The lowest BCUT2D eigenvalue weighted by atomic mass is 9.92. The highest BCUT2D eigenvalue weighted by Crippen LogP contribution is 2.24. The maximum absolute atomic E-state index is 10.5. The molecule has 0 aliphatic rings. The SMILES string of the molecule is CC(c1ccccc1)C(O)Cc1nn(C)c2ccccc12. The molecule has 0 aliphatic carbocycles. The maximum atomic E-state index is 10.5. The van der Waals surface area contributed by atoms with E-state index in [9.17, 15) is 5.11 Å². The molecule has 21 heavy (non-hydrogen) atoms. The van der Waals surface area contributed by atoms with Crippen LogP contribution >= 0.6 is 0 Å². The van der Waals surface area contributed by atoms with Crippen molar-refractivity contribution in [2.75, 3.05) is 0 Å². The molecule has 3 rings (SSSR count). The molecular formula is C18H20N2O. The quantitative estimate of drug-likeness (QED) is 0.796. The highest BCUT2D eigenvalue weighted by atomic mass is 16.3. The second-order valence-corrected chi connectivity index (χ2v) is 5.56. The number of hydrogen-bond acceptors (Lipinski definition) is 2. The fourth-order valence-corrected chi connectivity index (χ4v) is 2.79. The molecule has 0 saturated carbocycles. The summed E-state index contributed by atoms with van der Waals surface area (Å²) in [6.07, 6.45) is 0.128. The largest absolute Gasteiger partial charge is 0.392 e. The van der Waals surface area contributed by atoms with Crippen LogP contribution in [0.3, 0.4) is 0 Å². The Morgan fingerprint density at radius 2 is 1.71 bits per heavy atom. The Hall–Kier alpha value is -2.13. The fraction of sp³-hybridized carbons (Fsp3) is 0.278. The molecule has 0 bridgehead atoms. The summed E-state index contributed by atoms with van der Waals surface area (Å²) in [6.45, 7) is 2.06. The number of aryl methyl sites for hydroxylation is 1. The summed E-state index contributed by atoms with van der Waals surface area (Å²) in [7, 11) is 1.94. The van der Waals surface area contributed by atoms with E-state index in [0.29, 0.717) is 6.42 Å². The first-order valence-electron chi connectivity index (χ1n) is 7.30. The number of benzene rings is 2. The molecule has 108 valence electrons. The van der Waals surface area contributed by atoms with Crippen LogP contribution < -0.4 is 0 Å². The summed E-state index contributed by atoms with van der Waals surface area (Å²) >= 11 is 0. The Labute approximate surface area is 124 Å². The zero-order valence-corrected chi connectivity index (χ0v) is 12.4. The first-order valence-corrected chi connectivity index (χ1v) is 7.30. The highest BCUT2D eigenvalue weighted by molar-refractivity contribution is 5.81. The van der Waals surface area contributed by atoms with Gasteiger partial charge < -0.3 is 5.11 Å². The zero-order valence-electron chi connectivity index (χ0n) is 12.4. The van der Waals surface area contributed by atoms with E-state index in [4.69, 9.17) is 0 Å². The number of aliphatic hydroxyl groups is 1. The van der Waals surface area contributed by atoms with E-state index in [0.717, 1.165) is 22.2 Å². The number of nitrogens with zero attached hydrogens (tertiary/aromatic N) is 2. The van der Waals surface area contributed by atoms with Gasteiger partial charge in [-0.3, -0.25) is 4.68 Å². The zero-order chi connectivity index (χ0) is 14.8. The summed E-state index contributed by atoms with van der Waals surface area (Å²) < 4.78 is 1.88. The van der Waals surface area contributed by atoms with Crippen molar-refractivity contribution in [1.82, 2.24) is 9.78 Å². The topological polar surface area (TPSA) is 38.1 Å². The molecule has 2 unspecified atom stereocenters. The molecule has 0 radical (unpaired) electrons. The molecule has 3 aromatic rings. The van der Waals surface area contributed by atoms with E-state index >= 15 is 0 Å². The van der Waals surface area contributed by atoms with Crippen molar-refractivity contribution in [3.63, 3.8) is 0 Å². The first kappa shape index (κ1) is 13.8. The van der Waals surface area contributed by atoms with Gasteiger partial charge in [0.2, 0.25) is 0 Å². The third-order valence-corrected chi connectivity index (χ3v) is 4.14. The van der Waals surface area contributed by atoms with Gasteiger partial charge in [-0.1, -0.05) is 55.5 Å². The summed E-state index contributed by atoms with van der Waals surface area (Å²) in [5.41, 5.74) is 3.22. The van der Waals surface area contributed by atoms with Crippen LogP contribution in [0.1, 0.15) is 24.1 Å². The predicted octanol–water partition coefficient (Wildman–Crippen LogP) is 3.28. The number of aromatic nitrogens is 2. The number of rotatable bonds is 4. The smallest absolute Gasteiger partial charge is 0.0729 e.